The number of amides is 1. The highest BCUT2D eigenvalue weighted by Crippen LogP contribution is 2.26. The number of hydrogen-bond acceptors (Lipinski definition) is 5. The molecule has 0 bridgehead atoms. The molecule has 27 heavy (non-hydrogen) atoms. The number of anilines is 1. The fraction of sp³-hybridized carbons (Fsp3) is 0.238. The fourth-order valence-electron chi connectivity index (χ4n) is 2.57. The van der Waals surface area contributed by atoms with Gasteiger partial charge in [-0.2, -0.15) is 0 Å². The summed E-state index contributed by atoms with van der Waals surface area (Å²) in [7, 11) is 1.63. The van der Waals surface area contributed by atoms with Gasteiger partial charge < -0.3 is 9.47 Å². The van der Waals surface area contributed by atoms with E-state index in [4.69, 9.17) is 9.47 Å². The lowest BCUT2D eigenvalue weighted by Gasteiger charge is -2.06. The summed E-state index contributed by atoms with van der Waals surface area (Å²) in [5.74, 6) is 1.24. The molecule has 140 valence electrons. The van der Waals surface area contributed by atoms with Crippen LogP contribution in [0, 0.1) is 0 Å². The van der Waals surface area contributed by atoms with Crippen molar-refractivity contribution in [3.63, 3.8) is 0 Å². The summed E-state index contributed by atoms with van der Waals surface area (Å²) in [5.41, 5.74) is 3.05. The van der Waals surface area contributed by atoms with Crippen LogP contribution in [0.1, 0.15) is 18.9 Å². The highest BCUT2D eigenvalue weighted by molar-refractivity contribution is 7.14. The monoisotopic (exact) mass is 382 g/mol. The predicted octanol–water partition coefficient (Wildman–Crippen LogP) is 4.79. The van der Waals surface area contributed by atoms with Crippen LogP contribution in [0.4, 0.5) is 5.13 Å². The Kier molecular flexibility index (Phi) is 6.44. The van der Waals surface area contributed by atoms with Crippen molar-refractivity contribution in [3.8, 4) is 22.8 Å². The third-order valence-electron chi connectivity index (χ3n) is 3.97. The van der Waals surface area contributed by atoms with Crippen molar-refractivity contribution in [2.75, 3.05) is 19.0 Å². The Balaban J connectivity index is 1.52. The molecular weight excluding hydrogens is 360 g/mol. The number of aryl methyl sites for hydroxylation is 1. The minimum Gasteiger partial charge on any atom is -0.497 e. The predicted molar refractivity (Wildman–Crippen MR) is 109 cm³/mol. The molecule has 6 heteroatoms. The second-order valence-electron chi connectivity index (χ2n) is 6.00. The summed E-state index contributed by atoms with van der Waals surface area (Å²) in [6.07, 6.45) is 2.15. The summed E-state index contributed by atoms with van der Waals surface area (Å²) in [5, 5.41) is 5.23. The van der Waals surface area contributed by atoms with E-state index in [9.17, 15) is 4.79 Å². The van der Waals surface area contributed by atoms with Crippen LogP contribution in [0.5, 0.6) is 11.5 Å². The fourth-order valence-corrected chi connectivity index (χ4v) is 3.31. The van der Waals surface area contributed by atoms with Crippen LogP contribution in [0.15, 0.2) is 53.9 Å². The molecule has 5 nitrogen and oxygen atoms in total. The lowest BCUT2D eigenvalue weighted by Crippen LogP contribution is -2.20. The SMILES string of the molecule is CCCc1ccc(OCC(=O)Nc2nc(-c3ccc(OC)cc3)cs2)cc1. The minimum atomic E-state index is -0.233. The molecule has 3 aromatic rings. The van der Waals surface area contributed by atoms with Gasteiger partial charge >= 0.3 is 0 Å². The number of nitrogens with zero attached hydrogens (tertiary/aromatic N) is 1. The van der Waals surface area contributed by atoms with Crippen LogP contribution in [-0.2, 0) is 11.2 Å². The van der Waals surface area contributed by atoms with Gasteiger partial charge in [-0.25, -0.2) is 4.98 Å². The third kappa shape index (κ3) is 5.31. The molecule has 0 unspecified atom stereocenters. The number of methoxy groups -OCH3 is 1. The number of thiazole rings is 1. The van der Waals surface area contributed by atoms with E-state index in [-0.39, 0.29) is 12.5 Å². The first-order chi connectivity index (χ1) is 13.2. The Labute approximate surface area is 163 Å². The standard InChI is InChI=1S/C21H22N2O3S/c1-3-4-15-5-9-18(10-6-15)26-13-20(24)23-21-22-19(14-27-21)16-7-11-17(25-2)12-8-16/h5-12,14H,3-4,13H2,1-2H3,(H,22,23,24). The first kappa shape index (κ1) is 18.9. The number of aromatic nitrogens is 1. The van der Waals surface area contributed by atoms with E-state index in [2.05, 4.69) is 17.2 Å². The van der Waals surface area contributed by atoms with Gasteiger partial charge in [0.1, 0.15) is 11.5 Å². The number of carbonyl (C=O) groups excluding carboxylic acids is 1. The molecule has 0 saturated heterocycles. The molecule has 2 aromatic carbocycles. The quantitative estimate of drug-likeness (QED) is 0.609. The Morgan fingerprint density at radius 3 is 2.44 bits per heavy atom. The average molecular weight is 382 g/mol. The highest BCUT2D eigenvalue weighted by Gasteiger charge is 2.09. The first-order valence-corrected chi connectivity index (χ1v) is 9.67. The summed E-state index contributed by atoms with van der Waals surface area (Å²) < 4.78 is 10.7. The van der Waals surface area contributed by atoms with Gasteiger partial charge in [-0.3, -0.25) is 10.1 Å². The van der Waals surface area contributed by atoms with Gasteiger partial charge in [0, 0.05) is 10.9 Å². The Morgan fingerprint density at radius 1 is 1.07 bits per heavy atom. The molecule has 3 rings (SSSR count). The number of ether oxygens (including phenoxy) is 2. The Hall–Kier alpha value is -2.86. The number of carbonyl (C=O) groups is 1. The summed E-state index contributed by atoms with van der Waals surface area (Å²) in [4.78, 5) is 16.6. The molecule has 1 heterocycles. The van der Waals surface area contributed by atoms with E-state index in [0.29, 0.717) is 10.9 Å². The van der Waals surface area contributed by atoms with Crippen LogP contribution in [0.25, 0.3) is 11.3 Å². The third-order valence-corrected chi connectivity index (χ3v) is 4.73. The molecule has 0 aliphatic heterocycles. The number of nitrogens with one attached hydrogen (secondary N) is 1. The van der Waals surface area contributed by atoms with Gasteiger partial charge in [0.05, 0.1) is 12.8 Å². The zero-order chi connectivity index (χ0) is 19.1. The van der Waals surface area contributed by atoms with Crippen LogP contribution in [0.2, 0.25) is 0 Å². The van der Waals surface area contributed by atoms with Crippen LogP contribution in [0.3, 0.4) is 0 Å². The minimum absolute atomic E-state index is 0.0510. The average Bonchev–Trinajstić information content (AvgIpc) is 3.16. The number of rotatable bonds is 8. The maximum absolute atomic E-state index is 12.1. The maximum atomic E-state index is 12.1. The van der Waals surface area contributed by atoms with E-state index < -0.39 is 0 Å². The van der Waals surface area contributed by atoms with Gasteiger partial charge in [-0.1, -0.05) is 25.5 Å². The Bertz CT molecular complexity index is 873. The molecule has 1 amide bonds. The van der Waals surface area contributed by atoms with Crippen LogP contribution in [-0.4, -0.2) is 24.6 Å². The first-order valence-electron chi connectivity index (χ1n) is 8.79. The maximum Gasteiger partial charge on any atom is 0.264 e. The number of hydrogen-bond donors (Lipinski definition) is 1. The second-order valence-corrected chi connectivity index (χ2v) is 6.86. The lowest BCUT2D eigenvalue weighted by molar-refractivity contribution is -0.118. The Morgan fingerprint density at radius 2 is 1.78 bits per heavy atom. The molecule has 0 atom stereocenters. The van der Waals surface area contributed by atoms with Gasteiger partial charge in [0.2, 0.25) is 0 Å². The zero-order valence-corrected chi connectivity index (χ0v) is 16.2. The zero-order valence-electron chi connectivity index (χ0n) is 15.4. The van der Waals surface area contributed by atoms with Crippen LogP contribution < -0.4 is 14.8 Å². The molecule has 0 radical (unpaired) electrons. The molecule has 0 saturated carbocycles. The van der Waals surface area contributed by atoms with E-state index in [1.54, 1.807) is 7.11 Å². The largest absolute Gasteiger partial charge is 0.497 e. The molecule has 0 aliphatic rings. The molecular formula is C21H22N2O3S. The van der Waals surface area contributed by atoms with Crippen molar-refractivity contribution in [1.29, 1.82) is 0 Å². The van der Waals surface area contributed by atoms with E-state index >= 15 is 0 Å². The summed E-state index contributed by atoms with van der Waals surface area (Å²) in [6, 6.07) is 15.5. The van der Waals surface area contributed by atoms with Crippen LogP contribution >= 0.6 is 11.3 Å². The van der Waals surface area contributed by atoms with Crippen molar-refractivity contribution in [3.05, 3.63) is 59.5 Å². The van der Waals surface area contributed by atoms with Gasteiger partial charge in [-0.15, -0.1) is 11.3 Å². The van der Waals surface area contributed by atoms with Crippen molar-refractivity contribution in [2.45, 2.75) is 19.8 Å². The van der Waals surface area contributed by atoms with Crippen molar-refractivity contribution in [1.82, 2.24) is 4.98 Å². The summed E-state index contributed by atoms with van der Waals surface area (Å²) >= 11 is 1.38. The van der Waals surface area contributed by atoms with E-state index in [1.165, 1.54) is 16.9 Å². The van der Waals surface area contributed by atoms with Crippen molar-refractivity contribution in [2.24, 2.45) is 0 Å². The second kappa shape index (κ2) is 9.19. The van der Waals surface area contributed by atoms with Gasteiger partial charge in [0.25, 0.3) is 5.91 Å². The lowest BCUT2D eigenvalue weighted by atomic mass is 10.1. The van der Waals surface area contributed by atoms with E-state index in [0.717, 1.165) is 29.8 Å². The smallest absolute Gasteiger partial charge is 0.264 e. The van der Waals surface area contributed by atoms with Crippen molar-refractivity contribution >= 4 is 22.4 Å². The molecule has 1 N–H and O–H groups in total. The molecule has 0 fully saturated rings. The topological polar surface area (TPSA) is 60.5 Å². The number of benzene rings is 2. The van der Waals surface area contributed by atoms with E-state index in [1.807, 2.05) is 53.9 Å². The molecule has 0 aliphatic carbocycles. The van der Waals surface area contributed by atoms with Crippen molar-refractivity contribution < 1.29 is 14.3 Å². The molecule has 1 aromatic heterocycles. The van der Waals surface area contributed by atoms with Gasteiger partial charge in [-0.05, 0) is 48.4 Å². The highest BCUT2D eigenvalue weighted by atomic mass is 32.1. The molecule has 0 spiro atoms. The summed E-state index contributed by atoms with van der Waals surface area (Å²) in [6.45, 7) is 2.10. The normalized spacial score (nSPS) is 10.4. The van der Waals surface area contributed by atoms with Gasteiger partial charge in [0.15, 0.2) is 11.7 Å².